The van der Waals surface area contributed by atoms with Crippen LogP contribution < -0.4 is 0 Å². The number of likely N-dealkylation sites (N-methyl/N-ethyl adjacent to an activating group) is 1. The number of aromatic nitrogens is 2. The predicted octanol–water partition coefficient (Wildman–Crippen LogP) is 3.26. The molecule has 0 aliphatic carbocycles. The molecule has 0 bridgehead atoms. The quantitative estimate of drug-likeness (QED) is 0.557. The Morgan fingerprint density at radius 1 is 1.13 bits per heavy atom. The van der Waals surface area contributed by atoms with Gasteiger partial charge in [0.2, 0.25) is 5.91 Å². The summed E-state index contributed by atoms with van der Waals surface area (Å²) in [7, 11) is -1.38. The maximum absolute atomic E-state index is 12.7. The zero-order valence-corrected chi connectivity index (χ0v) is 18.2. The molecule has 2 heterocycles. The van der Waals surface area contributed by atoms with Crippen LogP contribution in [-0.2, 0) is 21.2 Å². The van der Waals surface area contributed by atoms with E-state index in [4.69, 9.17) is 5.10 Å². The number of nitrogens with zero attached hydrogens (tertiary/aromatic N) is 3. The average molecular weight is 436 g/mol. The lowest BCUT2D eigenvalue weighted by Gasteiger charge is -2.21. The van der Waals surface area contributed by atoms with Gasteiger partial charge in [0, 0.05) is 36.5 Å². The van der Waals surface area contributed by atoms with Crippen molar-refractivity contribution in [1.82, 2.24) is 14.7 Å². The summed E-state index contributed by atoms with van der Waals surface area (Å²) in [6.45, 7) is 0.627. The van der Waals surface area contributed by atoms with E-state index < -0.39 is 9.84 Å². The molecule has 4 rings (SSSR count). The lowest BCUT2D eigenvalue weighted by Crippen LogP contribution is -2.36. The van der Waals surface area contributed by atoms with E-state index in [9.17, 15) is 13.2 Å². The minimum atomic E-state index is -3.04. The van der Waals surface area contributed by atoms with E-state index in [2.05, 4.69) is 0 Å². The van der Waals surface area contributed by atoms with Gasteiger partial charge in [0.1, 0.15) is 0 Å². The lowest BCUT2D eigenvalue weighted by molar-refractivity contribution is -0.126. The van der Waals surface area contributed by atoms with Crippen molar-refractivity contribution in [3.05, 3.63) is 84.1 Å². The molecule has 6 nitrogen and oxygen atoms in total. The molecule has 31 heavy (non-hydrogen) atoms. The first-order valence-corrected chi connectivity index (χ1v) is 12.1. The number of rotatable bonds is 6. The average Bonchev–Trinajstić information content (AvgIpc) is 3.35. The Balaban J connectivity index is 1.58. The van der Waals surface area contributed by atoms with Crippen LogP contribution in [0.3, 0.4) is 0 Å². The molecule has 0 saturated carbocycles. The highest BCUT2D eigenvalue weighted by Gasteiger charge is 2.32. The molecular weight excluding hydrogens is 410 g/mol. The molecule has 0 radical (unpaired) electrons. The summed E-state index contributed by atoms with van der Waals surface area (Å²) in [5.74, 6) is -0.0338. The fraction of sp³-hybridized carbons (Fsp3) is 0.250. The molecule has 1 saturated heterocycles. The number of carbonyl (C=O) groups excluding carboxylic acids is 1. The Kier molecular flexibility index (Phi) is 6.04. The van der Waals surface area contributed by atoms with Crippen LogP contribution in [0.4, 0.5) is 0 Å². The molecule has 1 aromatic heterocycles. The highest BCUT2D eigenvalue weighted by Crippen LogP contribution is 2.24. The molecule has 3 aromatic rings. The van der Waals surface area contributed by atoms with Crippen molar-refractivity contribution < 1.29 is 13.2 Å². The minimum Gasteiger partial charge on any atom is -0.338 e. The third kappa shape index (κ3) is 5.11. The second-order valence-electron chi connectivity index (χ2n) is 7.82. The third-order valence-electron chi connectivity index (χ3n) is 5.53. The maximum atomic E-state index is 12.7. The van der Waals surface area contributed by atoms with Gasteiger partial charge >= 0.3 is 0 Å². The highest BCUT2D eigenvalue weighted by atomic mass is 32.2. The van der Waals surface area contributed by atoms with Crippen LogP contribution in [0.15, 0.2) is 72.9 Å². The van der Waals surface area contributed by atoms with E-state index in [1.54, 1.807) is 13.1 Å². The Morgan fingerprint density at radius 2 is 1.81 bits per heavy atom. The standard InChI is InChI=1S/C24H25N3O3S/c1-26(22-14-15-31(29,30)18-22)23(28)13-12-21-17-27(16-19-8-4-2-5-9-19)25-24(21)20-10-6-3-7-11-20/h2-13,17,22H,14-16,18H2,1H3/b13-12+. The number of carbonyl (C=O) groups is 1. The molecule has 160 valence electrons. The van der Waals surface area contributed by atoms with Gasteiger partial charge in [-0.2, -0.15) is 5.10 Å². The first-order chi connectivity index (χ1) is 14.9. The third-order valence-corrected chi connectivity index (χ3v) is 7.28. The zero-order valence-electron chi connectivity index (χ0n) is 17.4. The van der Waals surface area contributed by atoms with E-state index in [1.807, 2.05) is 71.5 Å². The fourth-order valence-electron chi connectivity index (χ4n) is 3.77. The van der Waals surface area contributed by atoms with Gasteiger partial charge < -0.3 is 4.90 Å². The summed E-state index contributed by atoms with van der Waals surface area (Å²) in [4.78, 5) is 14.2. The van der Waals surface area contributed by atoms with Gasteiger partial charge in [0.25, 0.3) is 0 Å². The first-order valence-electron chi connectivity index (χ1n) is 10.2. The molecule has 1 atom stereocenters. The lowest BCUT2D eigenvalue weighted by atomic mass is 10.1. The summed E-state index contributed by atoms with van der Waals surface area (Å²) in [6, 6.07) is 19.6. The number of benzene rings is 2. The predicted molar refractivity (Wildman–Crippen MR) is 122 cm³/mol. The summed E-state index contributed by atoms with van der Waals surface area (Å²) in [6.07, 6.45) is 5.68. The Morgan fingerprint density at radius 3 is 2.45 bits per heavy atom. The van der Waals surface area contributed by atoms with Gasteiger partial charge in [-0.05, 0) is 18.1 Å². The molecule has 1 unspecified atom stereocenters. The Bertz CT molecular complexity index is 1190. The van der Waals surface area contributed by atoms with Crippen molar-refractivity contribution in [2.45, 2.75) is 19.0 Å². The Hall–Kier alpha value is -3.19. The monoisotopic (exact) mass is 435 g/mol. The summed E-state index contributed by atoms with van der Waals surface area (Å²) < 4.78 is 25.3. The van der Waals surface area contributed by atoms with Crippen LogP contribution in [0.2, 0.25) is 0 Å². The van der Waals surface area contributed by atoms with E-state index in [1.165, 1.54) is 11.0 Å². The molecule has 0 spiro atoms. The summed E-state index contributed by atoms with van der Waals surface area (Å²) >= 11 is 0. The molecule has 1 fully saturated rings. The second kappa shape index (κ2) is 8.89. The topological polar surface area (TPSA) is 72.3 Å². The van der Waals surface area contributed by atoms with Crippen molar-refractivity contribution in [1.29, 1.82) is 0 Å². The molecule has 1 aliphatic rings. The van der Waals surface area contributed by atoms with Gasteiger partial charge in [-0.1, -0.05) is 60.7 Å². The number of hydrogen-bond donors (Lipinski definition) is 0. The van der Waals surface area contributed by atoms with Gasteiger partial charge in [0.15, 0.2) is 9.84 Å². The number of sulfone groups is 1. The molecule has 1 aliphatic heterocycles. The van der Waals surface area contributed by atoms with Crippen molar-refractivity contribution in [2.75, 3.05) is 18.6 Å². The van der Waals surface area contributed by atoms with Crippen LogP contribution in [-0.4, -0.2) is 53.6 Å². The molecule has 2 aromatic carbocycles. The number of hydrogen-bond acceptors (Lipinski definition) is 4. The zero-order chi connectivity index (χ0) is 21.8. The minimum absolute atomic E-state index is 0.0351. The smallest absolute Gasteiger partial charge is 0.246 e. The number of amides is 1. The van der Waals surface area contributed by atoms with Crippen LogP contribution in [0.1, 0.15) is 17.5 Å². The maximum Gasteiger partial charge on any atom is 0.246 e. The normalized spacial score (nSPS) is 17.8. The van der Waals surface area contributed by atoms with Gasteiger partial charge in [-0.25, -0.2) is 8.42 Å². The SMILES string of the molecule is CN(C(=O)/C=C/c1cn(Cc2ccccc2)nc1-c1ccccc1)C1CCS(=O)(=O)C1. The molecule has 7 heteroatoms. The Labute approximate surface area is 182 Å². The van der Waals surface area contributed by atoms with E-state index in [0.717, 1.165) is 22.4 Å². The molecule has 0 N–H and O–H groups in total. The van der Waals surface area contributed by atoms with Crippen molar-refractivity contribution >= 4 is 21.8 Å². The van der Waals surface area contributed by atoms with Crippen molar-refractivity contribution in [3.8, 4) is 11.3 Å². The van der Waals surface area contributed by atoms with Crippen molar-refractivity contribution in [2.24, 2.45) is 0 Å². The largest absolute Gasteiger partial charge is 0.338 e. The van der Waals surface area contributed by atoms with Gasteiger partial charge in [-0.3, -0.25) is 9.48 Å². The fourth-order valence-corrected chi connectivity index (χ4v) is 5.54. The first kappa shape index (κ1) is 21.1. The summed E-state index contributed by atoms with van der Waals surface area (Å²) in [5.41, 5.74) is 3.74. The molecular formula is C24H25N3O3S. The van der Waals surface area contributed by atoms with Crippen LogP contribution in [0, 0.1) is 0 Å². The van der Waals surface area contributed by atoms with E-state index >= 15 is 0 Å². The van der Waals surface area contributed by atoms with Crippen molar-refractivity contribution in [3.63, 3.8) is 0 Å². The van der Waals surface area contributed by atoms with Crippen LogP contribution in [0.5, 0.6) is 0 Å². The summed E-state index contributed by atoms with van der Waals surface area (Å²) in [5, 5.41) is 4.76. The van der Waals surface area contributed by atoms with Crippen LogP contribution >= 0.6 is 0 Å². The second-order valence-corrected chi connectivity index (χ2v) is 10.1. The molecule has 1 amide bonds. The van der Waals surface area contributed by atoms with E-state index in [0.29, 0.717) is 13.0 Å². The van der Waals surface area contributed by atoms with Gasteiger partial charge in [-0.15, -0.1) is 0 Å². The van der Waals surface area contributed by atoms with Crippen LogP contribution in [0.25, 0.3) is 17.3 Å². The van der Waals surface area contributed by atoms with E-state index in [-0.39, 0.29) is 23.5 Å². The van der Waals surface area contributed by atoms with Gasteiger partial charge in [0.05, 0.1) is 23.7 Å². The highest BCUT2D eigenvalue weighted by molar-refractivity contribution is 7.91.